The van der Waals surface area contributed by atoms with Crippen molar-refractivity contribution in [1.29, 1.82) is 5.26 Å². The maximum absolute atomic E-state index is 11.0. The van der Waals surface area contributed by atoms with E-state index in [-0.39, 0.29) is 6.61 Å². The summed E-state index contributed by atoms with van der Waals surface area (Å²) in [6.07, 6.45) is 0.786. The minimum Gasteiger partial charge on any atom is -0.450 e. The van der Waals surface area contributed by atoms with Gasteiger partial charge in [-0.25, -0.2) is 4.79 Å². The van der Waals surface area contributed by atoms with Crippen molar-refractivity contribution in [3.8, 4) is 6.07 Å². The fourth-order valence-electron chi connectivity index (χ4n) is 0.931. The molecule has 1 amide bonds. The van der Waals surface area contributed by atoms with Gasteiger partial charge in [-0.1, -0.05) is 0 Å². The number of aryl methyl sites for hydroxylation is 1. The van der Waals surface area contributed by atoms with E-state index in [1.54, 1.807) is 14.0 Å². The number of aromatic nitrogens is 2. The van der Waals surface area contributed by atoms with E-state index in [4.69, 9.17) is 5.26 Å². The molecule has 0 saturated heterocycles. The third-order valence-electron chi connectivity index (χ3n) is 1.56. The molecule has 0 aliphatic rings. The van der Waals surface area contributed by atoms with Crippen molar-refractivity contribution < 1.29 is 9.53 Å². The number of carbonyl (C=O) groups is 1. The first-order valence-electron chi connectivity index (χ1n) is 4.05. The first-order chi connectivity index (χ1) is 6.69. The monoisotopic (exact) mass is 194 g/mol. The Hall–Kier alpha value is -2.03. The fourth-order valence-corrected chi connectivity index (χ4v) is 0.931. The Kier molecular flexibility index (Phi) is 3.07. The lowest BCUT2D eigenvalue weighted by Crippen LogP contribution is -2.16. The number of ether oxygens (including phenoxy) is 1. The molecule has 1 N–H and O–H groups in total. The average Bonchev–Trinajstić information content (AvgIpc) is 2.48. The first kappa shape index (κ1) is 10.1. The molecule has 6 heteroatoms. The lowest BCUT2D eigenvalue weighted by atomic mass is 10.4. The van der Waals surface area contributed by atoms with Crippen molar-refractivity contribution in [2.45, 2.75) is 6.92 Å². The van der Waals surface area contributed by atoms with Gasteiger partial charge in [0.2, 0.25) is 0 Å². The molecule has 14 heavy (non-hydrogen) atoms. The van der Waals surface area contributed by atoms with Crippen molar-refractivity contribution >= 4 is 11.9 Å². The van der Waals surface area contributed by atoms with Gasteiger partial charge in [0.25, 0.3) is 0 Å². The molecule has 0 aliphatic carbocycles. The molecular weight excluding hydrogens is 184 g/mol. The van der Waals surface area contributed by atoms with E-state index < -0.39 is 6.09 Å². The Bertz CT molecular complexity index is 377. The summed E-state index contributed by atoms with van der Waals surface area (Å²) in [5.41, 5.74) is 0.306. The molecule has 6 nitrogen and oxygen atoms in total. The maximum Gasteiger partial charge on any atom is 0.412 e. The highest BCUT2D eigenvalue weighted by Gasteiger charge is 2.11. The highest BCUT2D eigenvalue weighted by Crippen LogP contribution is 2.12. The molecule has 0 aromatic carbocycles. The van der Waals surface area contributed by atoms with Gasteiger partial charge in [-0.05, 0) is 6.92 Å². The molecule has 0 fully saturated rings. The molecule has 1 aromatic rings. The van der Waals surface area contributed by atoms with Crippen LogP contribution < -0.4 is 5.32 Å². The van der Waals surface area contributed by atoms with Crippen molar-refractivity contribution in [3.05, 3.63) is 11.8 Å². The Labute approximate surface area is 81.1 Å². The van der Waals surface area contributed by atoms with Gasteiger partial charge in [-0.2, -0.15) is 10.4 Å². The predicted octanol–water partition coefficient (Wildman–Crippen LogP) is 0.860. The van der Waals surface area contributed by atoms with Crippen molar-refractivity contribution in [2.75, 3.05) is 11.9 Å². The Morgan fingerprint density at radius 1 is 1.86 bits per heavy atom. The third kappa shape index (κ3) is 2.01. The molecule has 1 aromatic heterocycles. The number of amides is 1. The molecule has 0 unspecified atom stereocenters. The second-order valence-electron chi connectivity index (χ2n) is 2.49. The molecule has 1 heterocycles. The summed E-state index contributed by atoms with van der Waals surface area (Å²) < 4.78 is 6.07. The number of nitrogens with one attached hydrogen (secondary N) is 1. The lowest BCUT2D eigenvalue weighted by Gasteiger charge is -2.05. The highest BCUT2D eigenvalue weighted by molar-refractivity contribution is 5.85. The van der Waals surface area contributed by atoms with Gasteiger partial charge < -0.3 is 4.74 Å². The zero-order valence-corrected chi connectivity index (χ0v) is 7.94. The first-order valence-corrected chi connectivity index (χ1v) is 4.05. The van der Waals surface area contributed by atoms with Gasteiger partial charge >= 0.3 is 6.09 Å². The zero-order valence-electron chi connectivity index (χ0n) is 7.94. The second kappa shape index (κ2) is 4.28. The van der Waals surface area contributed by atoms with Crippen LogP contribution in [0.1, 0.15) is 12.5 Å². The van der Waals surface area contributed by atoms with E-state index in [0.29, 0.717) is 11.4 Å². The summed E-state index contributed by atoms with van der Waals surface area (Å²) in [4.78, 5) is 11.0. The van der Waals surface area contributed by atoms with E-state index in [9.17, 15) is 4.79 Å². The molecular formula is C8H10N4O2. The molecule has 0 aliphatic heterocycles. The third-order valence-corrected chi connectivity index (χ3v) is 1.56. The van der Waals surface area contributed by atoms with Crippen molar-refractivity contribution in [3.63, 3.8) is 0 Å². The number of nitrogens with zero attached hydrogens (tertiary/aromatic N) is 3. The van der Waals surface area contributed by atoms with E-state index in [1.807, 2.05) is 6.07 Å². The summed E-state index contributed by atoms with van der Waals surface area (Å²) >= 11 is 0. The van der Waals surface area contributed by atoms with E-state index in [1.165, 1.54) is 10.9 Å². The van der Waals surface area contributed by atoms with Crippen LogP contribution in [0.25, 0.3) is 0 Å². The van der Waals surface area contributed by atoms with Crippen LogP contribution in [0.15, 0.2) is 6.20 Å². The van der Waals surface area contributed by atoms with Crippen molar-refractivity contribution in [2.24, 2.45) is 7.05 Å². The Morgan fingerprint density at radius 3 is 3.14 bits per heavy atom. The second-order valence-corrected chi connectivity index (χ2v) is 2.49. The molecule has 74 valence electrons. The van der Waals surface area contributed by atoms with Crippen LogP contribution in [-0.2, 0) is 11.8 Å². The number of hydrogen-bond donors (Lipinski definition) is 1. The van der Waals surface area contributed by atoms with E-state index in [2.05, 4.69) is 15.2 Å². The number of hydrogen-bond acceptors (Lipinski definition) is 4. The number of anilines is 1. The number of rotatable bonds is 2. The molecule has 0 saturated carbocycles. The van der Waals surface area contributed by atoms with Crippen LogP contribution in [0.5, 0.6) is 0 Å². The topological polar surface area (TPSA) is 79.9 Å². The molecule has 0 bridgehead atoms. The average molecular weight is 194 g/mol. The zero-order chi connectivity index (χ0) is 10.6. The van der Waals surface area contributed by atoms with Gasteiger partial charge in [0.05, 0.1) is 12.8 Å². The van der Waals surface area contributed by atoms with Crippen LogP contribution in [0.2, 0.25) is 0 Å². The van der Waals surface area contributed by atoms with Crippen molar-refractivity contribution in [1.82, 2.24) is 9.78 Å². The Morgan fingerprint density at radius 2 is 2.57 bits per heavy atom. The summed E-state index contributed by atoms with van der Waals surface area (Å²) in [5.74, 6) is 0.339. The number of carbonyl (C=O) groups excluding carboxylic acids is 1. The molecule has 0 spiro atoms. The van der Waals surface area contributed by atoms with Crippen LogP contribution in [0.4, 0.5) is 10.6 Å². The standard InChI is InChI=1S/C8H10N4O2/c1-3-14-8(13)11-7-6(4-9)5-10-12(7)2/h5H,3H2,1-2H3,(H,11,13). The van der Waals surface area contributed by atoms with Gasteiger partial charge in [0, 0.05) is 7.05 Å². The van der Waals surface area contributed by atoms with Crippen LogP contribution in [0, 0.1) is 11.3 Å². The number of nitriles is 1. The quantitative estimate of drug-likeness (QED) is 0.757. The largest absolute Gasteiger partial charge is 0.450 e. The summed E-state index contributed by atoms with van der Waals surface area (Å²) in [6.45, 7) is 1.99. The summed E-state index contributed by atoms with van der Waals surface area (Å²) in [5, 5.41) is 14.9. The normalized spacial score (nSPS) is 9.21. The minimum absolute atomic E-state index is 0.283. The lowest BCUT2D eigenvalue weighted by molar-refractivity contribution is 0.167. The minimum atomic E-state index is -0.590. The highest BCUT2D eigenvalue weighted by atomic mass is 16.5. The predicted molar refractivity (Wildman–Crippen MR) is 48.6 cm³/mol. The fraction of sp³-hybridized carbons (Fsp3) is 0.375. The molecule has 0 atom stereocenters. The smallest absolute Gasteiger partial charge is 0.412 e. The van der Waals surface area contributed by atoms with Gasteiger partial charge in [-0.3, -0.25) is 10.00 Å². The SMILES string of the molecule is CCOC(=O)Nc1c(C#N)cnn1C. The van der Waals surface area contributed by atoms with E-state index in [0.717, 1.165) is 0 Å². The molecule has 0 radical (unpaired) electrons. The van der Waals surface area contributed by atoms with Crippen LogP contribution in [0.3, 0.4) is 0 Å². The Balaban J connectivity index is 2.80. The van der Waals surface area contributed by atoms with Crippen LogP contribution in [-0.4, -0.2) is 22.5 Å². The summed E-state index contributed by atoms with van der Waals surface area (Å²) in [7, 11) is 1.63. The summed E-state index contributed by atoms with van der Waals surface area (Å²) in [6, 6.07) is 1.91. The maximum atomic E-state index is 11.0. The molecule has 1 rings (SSSR count). The van der Waals surface area contributed by atoms with Gasteiger partial charge in [0.15, 0.2) is 5.82 Å². The van der Waals surface area contributed by atoms with Crippen LogP contribution >= 0.6 is 0 Å². The van der Waals surface area contributed by atoms with E-state index >= 15 is 0 Å². The van der Waals surface area contributed by atoms with Gasteiger partial charge in [0.1, 0.15) is 11.6 Å². The van der Waals surface area contributed by atoms with Gasteiger partial charge in [-0.15, -0.1) is 0 Å².